The lowest BCUT2D eigenvalue weighted by Crippen LogP contribution is -2.67. The molecule has 0 aliphatic carbocycles. The number of esters is 3. The van der Waals surface area contributed by atoms with Crippen LogP contribution < -0.4 is 10.6 Å². The van der Waals surface area contributed by atoms with E-state index in [0.717, 1.165) is 20.8 Å². The fraction of sp³-hybridized carbons (Fsp3) is 0.762. The molecule has 0 bridgehead atoms. The number of rotatable bonds is 9. The minimum Gasteiger partial charge on any atom is -0.463 e. The highest BCUT2D eigenvalue weighted by atomic mass is 16.8. The summed E-state index contributed by atoms with van der Waals surface area (Å²) in [6, 6.07) is -1.31. The van der Waals surface area contributed by atoms with E-state index in [9.17, 15) is 34.2 Å². The maximum atomic E-state index is 11.9. The van der Waals surface area contributed by atoms with E-state index in [1.807, 2.05) is 0 Å². The summed E-state index contributed by atoms with van der Waals surface area (Å²) in [5, 5.41) is 26.6. The summed E-state index contributed by atoms with van der Waals surface area (Å²) in [7, 11) is 0. The lowest BCUT2D eigenvalue weighted by molar-refractivity contribution is -0.287. The average Bonchev–Trinajstić information content (AvgIpc) is 3.03. The van der Waals surface area contributed by atoms with E-state index in [-0.39, 0.29) is 13.2 Å². The van der Waals surface area contributed by atoms with Crippen molar-refractivity contribution in [2.45, 2.75) is 89.9 Å². The Morgan fingerprint density at radius 2 is 1.36 bits per heavy atom. The zero-order valence-electron chi connectivity index (χ0n) is 20.5. The number of carbonyl (C=O) groups excluding carboxylic acids is 5. The van der Waals surface area contributed by atoms with Crippen molar-refractivity contribution in [1.29, 1.82) is 0 Å². The van der Waals surface area contributed by atoms with Crippen molar-refractivity contribution >= 4 is 29.7 Å². The van der Waals surface area contributed by atoms with Gasteiger partial charge in [0.25, 0.3) is 0 Å². The van der Waals surface area contributed by atoms with Crippen molar-refractivity contribution in [2.24, 2.45) is 0 Å². The molecule has 2 heterocycles. The molecule has 15 heteroatoms. The van der Waals surface area contributed by atoms with Crippen LogP contribution in [0.3, 0.4) is 0 Å². The van der Waals surface area contributed by atoms with Crippen LogP contribution in [-0.4, -0.2) is 108 Å². The lowest BCUT2D eigenvalue weighted by atomic mass is 9.95. The van der Waals surface area contributed by atoms with Crippen LogP contribution in [0.4, 0.5) is 0 Å². The van der Waals surface area contributed by atoms with Crippen LogP contribution >= 0.6 is 0 Å². The van der Waals surface area contributed by atoms with Gasteiger partial charge in [-0.3, -0.25) is 24.0 Å². The lowest BCUT2D eigenvalue weighted by Gasteiger charge is -2.45. The SMILES string of the molecule is CC(=O)NC[C@@H]1O[C@H](O[C@@H]2[C@@H](COC(C)=O)OC(OC(C)=O)[C@@H]2O)[C@H](NC(C)=O)[C@@H](O)[C@@H]1OC(C)=O. The Balaban J connectivity index is 2.34. The summed E-state index contributed by atoms with van der Waals surface area (Å²) < 4.78 is 32.3. The van der Waals surface area contributed by atoms with Crippen molar-refractivity contribution in [3.05, 3.63) is 0 Å². The van der Waals surface area contributed by atoms with Crippen molar-refractivity contribution in [2.75, 3.05) is 13.2 Å². The van der Waals surface area contributed by atoms with Gasteiger partial charge in [0.2, 0.25) is 18.1 Å². The summed E-state index contributed by atoms with van der Waals surface area (Å²) in [4.78, 5) is 57.6. The maximum Gasteiger partial charge on any atom is 0.305 e. The molecule has 2 saturated heterocycles. The van der Waals surface area contributed by atoms with Gasteiger partial charge in [0, 0.05) is 41.2 Å². The van der Waals surface area contributed by atoms with Crippen LogP contribution in [-0.2, 0) is 52.4 Å². The number of carbonyl (C=O) groups is 5. The van der Waals surface area contributed by atoms with Crippen LogP contribution in [0, 0.1) is 0 Å². The molecule has 2 fully saturated rings. The van der Waals surface area contributed by atoms with Crippen molar-refractivity contribution < 1.29 is 62.6 Å². The maximum absolute atomic E-state index is 11.9. The van der Waals surface area contributed by atoms with Gasteiger partial charge < -0.3 is 49.3 Å². The Labute approximate surface area is 206 Å². The molecule has 0 spiro atoms. The van der Waals surface area contributed by atoms with Crippen LogP contribution in [0.25, 0.3) is 0 Å². The first kappa shape index (κ1) is 29.4. The zero-order chi connectivity index (χ0) is 27.2. The van der Waals surface area contributed by atoms with E-state index in [1.54, 1.807) is 0 Å². The highest BCUT2D eigenvalue weighted by molar-refractivity contribution is 5.73. The highest BCUT2D eigenvalue weighted by Crippen LogP contribution is 2.31. The molecule has 0 saturated carbocycles. The Hall–Kier alpha value is -2.85. The van der Waals surface area contributed by atoms with Crippen LogP contribution in [0.1, 0.15) is 34.6 Å². The summed E-state index contributed by atoms with van der Waals surface area (Å²) in [6.45, 7) is 5.19. The van der Waals surface area contributed by atoms with Gasteiger partial charge in [0.05, 0.1) is 0 Å². The quantitative estimate of drug-likeness (QED) is 0.180. The topological polar surface area (TPSA) is 205 Å². The van der Waals surface area contributed by atoms with Gasteiger partial charge in [0.1, 0.15) is 43.2 Å². The molecule has 36 heavy (non-hydrogen) atoms. The Morgan fingerprint density at radius 3 is 1.89 bits per heavy atom. The third kappa shape index (κ3) is 8.09. The van der Waals surface area contributed by atoms with Gasteiger partial charge in [-0.05, 0) is 0 Å². The van der Waals surface area contributed by atoms with Gasteiger partial charge in [-0.1, -0.05) is 0 Å². The molecule has 0 aromatic rings. The second-order valence-corrected chi connectivity index (χ2v) is 8.32. The molecule has 9 atom stereocenters. The monoisotopic (exact) mass is 520 g/mol. The van der Waals surface area contributed by atoms with Gasteiger partial charge >= 0.3 is 17.9 Å². The van der Waals surface area contributed by atoms with Crippen molar-refractivity contribution in [3.63, 3.8) is 0 Å². The fourth-order valence-electron chi connectivity index (χ4n) is 3.79. The molecule has 0 aromatic carbocycles. The molecule has 2 rings (SSSR count). The van der Waals surface area contributed by atoms with E-state index in [2.05, 4.69) is 10.6 Å². The molecule has 4 N–H and O–H groups in total. The molecular formula is C21H32N2O13. The zero-order valence-corrected chi connectivity index (χ0v) is 20.5. The molecule has 0 radical (unpaired) electrons. The normalized spacial score (nSPS) is 33.8. The van der Waals surface area contributed by atoms with E-state index in [1.165, 1.54) is 13.8 Å². The third-order valence-electron chi connectivity index (χ3n) is 5.21. The molecule has 2 aliphatic rings. The van der Waals surface area contributed by atoms with Gasteiger partial charge in [0.15, 0.2) is 12.4 Å². The standard InChI is InChI=1S/C21H32N2O13/c1-8(24)22-6-13-18(32-11(4)27)16(29)15(23-9(2)25)20(34-13)36-19-14(7-31-10(3)26)35-21(17(19)30)33-12(5)28/h13-21,29-30H,6-7H2,1-5H3,(H,22,24)(H,23,25)/t13-,14+,15+,16+,17+,18+,19+,20+,21?/m0/s1. The molecule has 0 aromatic heterocycles. The number of ether oxygens (including phenoxy) is 6. The second-order valence-electron chi connectivity index (χ2n) is 8.32. The van der Waals surface area contributed by atoms with E-state index in [0.29, 0.717) is 0 Å². The second kappa shape index (κ2) is 12.9. The van der Waals surface area contributed by atoms with Crippen LogP contribution in [0.2, 0.25) is 0 Å². The number of aliphatic hydroxyl groups excluding tert-OH is 2. The highest BCUT2D eigenvalue weighted by Gasteiger charge is 2.53. The number of nitrogens with one attached hydrogen (secondary N) is 2. The summed E-state index contributed by atoms with van der Waals surface area (Å²) in [5.41, 5.74) is 0. The Morgan fingerprint density at radius 1 is 0.750 bits per heavy atom. The van der Waals surface area contributed by atoms with Crippen molar-refractivity contribution in [3.8, 4) is 0 Å². The molecule has 204 valence electrons. The Kier molecular flexibility index (Phi) is 10.5. The molecule has 2 aliphatic heterocycles. The minimum atomic E-state index is -1.58. The first-order valence-electron chi connectivity index (χ1n) is 11.1. The van der Waals surface area contributed by atoms with Gasteiger partial charge in [-0.15, -0.1) is 0 Å². The van der Waals surface area contributed by atoms with E-state index < -0.39 is 85.0 Å². The van der Waals surface area contributed by atoms with E-state index >= 15 is 0 Å². The number of hydrogen-bond acceptors (Lipinski definition) is 13. The first-order valence-corrected chi connectivity index (χ1v) is 11.1. The Bertz CT molecular complexity index is 835. The number of hydrogen-bond donors (Lipinski definition) is 4. The minimum absolute atomic E-state index is 0.201. The molecule has 2 amide bonds. The number of amides is 2. The predicted octanol–water partition coefficient (Wildman–Crippen LogP) is -2.76. The smallest absolute Gasteiger partial charge is 0.305 e. The molecular weight excluding hydrogens is 488 g/mol. The molecule has 15 nitrogen and oxygen atoms in total. The summed E-state index contributed by atoms with van der Waals surface area (Å²) in [6.07, 6.45) is -11.0. The average molecular weight is 520 g/mol. The van der Waals surface area contributed by atoms with Gasteiger partial charge in [-0.2, -0.15) is 0 Å². The van der Waals surface area contributed by atoms with Crippen LogP contribution in [0.5, 0.6) is 0 Å². The third-order valence-corrected chi connectivity index (χ3v) is 5.21. The predicted molar refractivity (Wildman–Crippen MR) is 114 cm³/mol. The largest absolute Gasteiger partial charge is 0.463 e. The number of aliphatic hydroxyl groups is 2. The van der Waals surface area contributed by atoms with Crippen LogP contribution in [0.15, 0.2) is 0 Å². The fourth-order valence-corrected chi connectivity index (χ4v) is 3.79. The van der Waals surface area contributed by atoms with E-state index in [4.69, 9.17) is 28.4 Å². The molecule has 1 unspecified atom stereocenters. The summed E-state index contributed by atoms with van der Waals surface area (Å²) >= 11 is 0. The van der Waals surface area contributed by atoms with Gasteiger partial charge in [-0.25, -0.2) is 0 Å². The summed E-state index contributed by atoms with van der Waals surface area (Å²) in [5.74, 6) is -3.17. The van der Waals surface area contributed by atoms with Crippen molar-refractivity contribution in [1.82, 2.24) is 10.6 Å². The first-order chi connectivity index (χ1) is 16.8.